The fourth-order valence-electron chi connectivity index (χ4n) is 2.08. The van der Waals surface area contributed by atoms with Gasteiger partial charge in [-0.1, -0.05) is 43.7 Å². The Morgan fingerprint density at radius 3 is 2.18 bits per heavy atom. The highest BCUT2D eigenvalue weighted by Gasteiger charge is 2.20. The normalized spacial score (nSPS) is 12.7. The van der Waals surface area contributed by atoms with E-state index < -0.39 is 5.97 Å². The minimum atomic E-state index is -0.748. The number of nitrogens with zero attached hydrogens (tertiary/aromatic N) is 1. The van der Waals surface area contributed by atoms with Crippen LogP contribution in [0.2, 0.25) is 0 Å². The average molecular weight is 235 g/mol. The summed E-state index contributed by atoms with van der Waals surface area (Å²) in [4.78, 5) is 13.1. The summed E-state index contributed by atoms with van der Waals surface area (Å²) in [5.41, 5.74) is 2.28. The molecule has 0 saturated heterocycles. The second-order valence-electron chi connectivity index (χ2n) is 4.25. The lowest BCUT2D eigenvalue weighted by atomic mass is 10.0. The average Bonchev–Trinajstić information content (AvgIpc) is 2.30. The topological polar surface area (TPSA) is 40.5 Å². The summed E-state index contributed by atoms with van der Waals surface area (Å²) in [6, 6.07) is 8.10. The Morgan fingerprint density at radius 1 is 1.24 bits per heavy atom. The minimum absolute atomic E-state index is 0.0249. The van der Waals surface area contributed by atoms with Gasteiger partial charge in [0.2, 0.25) is 0 Å². The van der Waals surface area contributed by atoms with Gasteiger partial charge in [-0.2, -0.15) is 0 Å². The predicted molar refractivity (Wildman–Crippen MR) is 69.1 cm³/mol. The van der Waals surface area contributed by atoms with Crippen LogP contribution in [-0.4, -0.2) is 29.1 Å². The van der Waals surface area contributed by atoms with E-state index in [-0.39, 0.29) is 12.5 Å². The third kappa shape index (κ3) is 3.86. The SMILES string of the molecule is CCN(CC)C(CC(=O)O)c1ccc(C)cc1. The molecule has 0 aliphatic carbocycles. The van der Waals surface area contributed by atoms with Crippen molar-refractivity contribution in [2.75, 3.05) is 13.1 Å². The zero-order valence-electron chi connectivity index (χ0n) is 10.8. The van der Waals surface area contributed by atoms with Gasteiger partial charge in [0.1, 0.15) is 0 Å². The largest absolute Gasteiger partial charge is 0.481 e. The van der Waals surface area contributed by atoms with Crippen molar-refractivity contribution < 1.29 is 9.90 Å². The van der Waals surface area contributed by atoms with Crippen molar-refractivity contribution >= 4 is 5.97 Å². The molecule has 0 aromatic heterocycles. The summed E-state index contributed by atoms with van der Waals surface area (Å²) < 4.78 is 0. The maximum absolute atomic E-state index is 11.0. The van der Waals surface area contributed by atoms with Gasteiger partial charge >= 0.3 is 5.97 Å². The van der Waals surface area contributed by atoms with Crippen LogP contribution in [0.4, 0.5) is 0 Å². The molecule has 0 bridgehead atoms. The Morgan fingerprint density at radius 2 is 1.76 bits per heavy atom. The molecule has 0 amide bonds. The number of carboxylic acids is 1. The molecule has 94 valence electrons. The van der Waals surface area contributed by atoms with Crippen LogP contribution in [0.25, 0.3) is 0 Å². The fourth-order valence-corrected chi connectivity index (χ4v) is 2.08. The van der Waals surface area contributed by atoms with Crippen molar-refractivity contribution in [3.8, 4) is 0 Å². The van der Waals surface area contributed by atoms with E-state index >= 15 is 0 Å². The number of benzene rings is 1. The lowest BCUT2D eigenvalue weighted by Gasteiger charge is -2.29. The summed E-state index contributed by atoms with van der Waals surface area (Å²) >= 11 is 0. The van der Waals surface area contributed by atoms with Crippen LogP contribution in [0, 0.1) is 6.92 Å². The summed E-state index contributed by atoms with van der Waals surface area (Å²) in [5, 5.41) is 9.01. The van der Waals surface area contributed by atoms with Crippen LogP contribution in [0.15, 0.2) is 24.3 Å². The first-order valence-corrected chi connectivity index (χ1v) is 6.10. The lowest BCUT2D eigenvalue weighted by molar-refractivity contribution is -0.138. The number of carbonyl (C=O) groups is 1. The van der Waals surface area contributed by atoms with Crippen molar-refractivity contribution in [2.45, 2.75) is 33.2 Å². The Balaban J connectivity index is 2.96. The molecule has 1 aromatic carbocycles. The van der Waals surface area contributed by atoms with Crippen molar-refractivity contribution in [3.63, 3.8) is 0 Å². The number of hydrogen-bond donors (Lipinski definition) is 1. The molecular formula is C14H21NO2. The van der Waals surface area contributed by atoms with Gasteiger partial charge in [0.25, 0.3) is 0 Å². The van der Waals surface area contributed by atoms with E-state index in [1.54, 1.807) is 0 Å². The van der Waals surface area contributed by atoms with Gasteiger partial charge in [0.05, 0.1) is 6.42 Å². The molecule has 0 fully saturated rings. The summed E-state index contributed by atoms with van der Waals surface area (Å²) in [7, 11) is 0. The van der Waals surface area contributed by atoms with E-state index in [1.807, 2.05) is 31.2 Å². The van der Waals surface area contributed by atoms with Crippen LogP contribution >= 0.6 is 0 Å². The zero-order valence-corrected chi connectivity index (χ0v) is 10.8. The van der Waals surface area contributed by atoms with E-state index in [1.165, 1.54) is 5.56 Å². The maximum atomic E-state index is 11.0. The highest BCUT2D eigenvalue weighted by molar-refractivity contribution is 5.68. The van der Waals surface area contributed by atoms with Gasteiger partial charge in [-0.25, -0.2) is 0 Å². The monoisotopic (exact) mass is 235 g/mol. The van der Waals surface area contributed by atoms with E-state index in [9.17, 15) is 4.79 Å². The van der Waals surface area contributed by atoms with Crippen LogP contribution in [0.1, 0.15) is 37.4 Å². The Labute approximate surface area is 103 Å². The number of hydrogen-bond acceptors (Lipinski definition) is 2. The molecule has 1 atom stereocenters. The van der Waals surface area contributed by atoms with E-state index in [0.29, 0.717) is 0 Å². The molecule has 0 aliphatic heterocycles. The first-order chi connectivity index (χ1) is 8.08. The standard InChI is InChI=1S/C14H21NO2/c1-4-15(5-2)13(10-14(16)17)12-8-6-11(3)7-9-12/h6-9,13H,4-5,10H2,1-3H3,(H,16,17). The van der Waals surface area contributed by atoms with E-state index in [2.05, 4.69) is 18.7 Å². The van der Waals surface area contributed by atoms with Gasteiger partial charge in [-0.05, 0) is 25.6 Å². The van der Waals surface area contributed by atoms with Crippen molar-refractivity contribution in [1.82, 2.24) is 4.90 Å². The van der Waals surface area contributed by atoms with Gasteiger partial charge in [-0.15, -0.1) is 0 Å². The highest BCUT2D eigenvalue weighted by Crippen LogP contribution is 2.24. The van der Waals surface area contributed by atoms with Crippen molar-refractivity contribution in [2.24, 2.45) is 0 Å². The summed E-state index contributed by atoms with van der Waals surface area (Å²) in [5.74, 6) is -0.748. The second kappa shape index (κ2) is 6.40. The summed E-state index contributed by atoms with van der Waals surface area (Å²) in [6.45, 7) is 7.89. The smallest absolute Gasteiger partial charge is 0.305 e. The Bertz CT molecular complexity index is 355. The molecule has 0 aliphatic rings. The zero-order chi connectivity index (χ0) is 12.8. The molecule has 1 aromatic rings. The Kier molecular flexibility index (Phi) is 5.16. The maximum Gasteiger partial charge on any atom is 0.305 e. The van der Waals surface area contributed by atoms with E-state index in [4.69, 9.17) is 5.11 Å². The second-order valence-corrected chi connectivity index (χ2v) is 4.25. The molecule has 1 rings (SSSR count). The van der Waals surface area contributed by atoms with Crippen LogP contribution < -0.4 is 0 Å². The van der Waals surface area contributed by atoms with Crippen LogP contribution in [0.3, 0.4) is 0 Å². The molecule has 17 heavy (non-hydrogen) atoms. The molecule has 0 saturated carbocycles. The highest BCUT2D eigenvalue weighted by atomic mass is 16.4. The van der Waals surface area contributed by atoms with Gasteiger partial charge in [0.15, 0.2) is 0 Å². The number of carboxylic acid groups (broad SMARTS) is 1. The van der Waals surface area contributed by atoms with Gasteiger partial charge in [-0.3, -0.25) is 9.69 Å². The molecular weight excluding hydrogens is 214 g/mol. The van der Waals surface area contributed by atoms with Crippen molar-refractivity contribution in [1.29, 1.82) is 0 Å². The minimum Gasteiger partial charge on any atom is -0.481 e. The molecule has 1 N–H and O–H groups in total. The molecule has 1 unspecified atom stereocenters. The van der Waals surface area contributed by atoms with Gasteiger partial charge < -0.3 is 5.11 Å². The quantitative estimate of drug-likeness (QED) is 0.824. The van der Waals surface area contributed by atoms with Gasteiger partial charge in [0, 0.05) is 6.04 Å². The Hall–Kier alpha value is -1.35. The molecule has 0 spiro atoms. The molecule has 3 nitrogen and oxygen atoms in total. The van der Waals surface area contributed by atoms with E-state index in [0.717, 1.165) is 18.7 Å². The number of aryl methyl sites for hydroxylation is 1. The first kappa shape index (κ1) is 13.7. The fraction of sp³-hybridized carbons (Fsp3) is 0.500. The van der Waals surface area contributed by atoms with Crippen LogP contribution in [-0.2, 0) is 4.79 Å². The third-order valence-corrected chi connectivity index (χ3v) is 3.08. The third-order valence-electron chi connectivity index (χ3n) is 3.08. The first-order valence-electron chi connectivity index (χ1n) is 6.10. The number of rotatable bonds is 6. The predicted octanol–water partition coefficient (Wildman–Crippen LogP) is 2.85. The lowest BCUT2D eigenvalue weighted by Crippen LogP contribution is -2.30. The summed E-state index contributed by atoms with van der Waals surface area (Å²) in [6.07, 6.45) is 0.157. The molecule has 3 heteroatoms. The van der Waals surface area contributed by atoms with Crippen molar-refractivity contribution in [3.05, 3.63) is 35.4 Å². The number of aliphatic carboxylic acids is 1. The van der Waals surface area contributed by atoms with Crippen LogP contribution in [0.5, 0.6) is 0 Å². The molecule has 0 heterocycles. The molecule has 0 radical (unpaired) electrons.